The molecule has 0 unspecified atom stereocenters. The molecule has 3 aromatic heterocycles. The van der Waals surface area contributed by atoms with Crippen LogP contribution in [0.15, 0.2) is 35.4 Å². The highest BCUT2D eigenvalue weighted by Crippen LogP contribution is 2.25. The number of nitrogens with one attached hydrogen (secondary N) is 1. The average molecular weight is 419 g/mol. The lowest BCUT2D eigenvalue weighted by Gasteiger charge is -2.10. The van der Waals surface area contributed by atoms with Crippen LogP contribution in [0.25, 0.3) is 0 Å². The third kappa shape index (κ3) is 4.93. The Morgan fingerprint density at radius 2 is 2.21 bits per heavy atom. The number of aryl methyl sites for hydroxylation is 3. The summed E-state index contributed by atoms with van der Waals surface area (Å²) in [5.74, 6) is -0.301. The number of nitrogens with two attached hydrogens (primary N) is 1. The van der Waals surface area contributed by atoms with E-state index in [2.05, 4.69) is 20.4 Å². The van der Waals surface area contributed by atoms with E-state index < -0.39 is 0 Å². The van der Waals surface area contributed by atoms with Crippen LogP contribution < -0.4 is 16.6 Å². The van der Waals surface area contributed by atoms with Crippen molar-refractivity contribution in [3.8, 4) is 0 Å². The highest BCUT2D eigenvalue weighted by Gasteiger charge is 2.14. The predicted molar refractivity (Wildman–Crippen MR) is 108 cm³/mol. The molecule has 0 radical (unpaired) electrons. The summed E-state index contributed by atoms with van der Waals surface area (Å²) in [7, 11) is 0. The van der Waals surface area contributed by atoms with E-state index in [1.807, 2.05) is 18.2 Å². The molecule has 0 atom stereocenters. The first-order chi connectivity index (χ1) is 13.4. The molecule has 0 saturated carbocycles. The molecule has 0 aliphatic rings. The Balaban J connectivity index is 1.66. The Kier molecular flexibility index (Phi) is 6.37. The van der Waals surface area contributed by atoms with Crippen molar-refractivity contribution in [2.24, 2.45) is 0 Å². The molecular formula is C18H19ClN6O2S. The molecule has 1 amide bonds. The van der Waals surface area contributed by atoms with E-state index in [-0.39, 0.29) is 24.4 Å². The first-order valence-corrected chi connectivity index (χ1v) is 9.76. The number of pyridine rings is 1. The van der Waals surface area contributed by atoms with Crippen molar-refractivity contribution in [2.75, 3.05) is 5.73 Å². The van der Waals surface area contributed by atoms with E-state index >= 15 is 0 Å². The monoisotopic (exact) mass is 418 g/mol. The molecule has 0 aliphatic carbocycles. The molecular weight excluding hydrogens is 400 g/mol. The van der Waals surface area contributed by atoms with Gasteiger partial charge in [-0.2, -0.15) is 5.10 Å². The normalized spacial score (nSPS) is 10.8. The van der Waals surface area contributed by atoms with Gasteiger partial charge in [-0.1, -0.05) is 29.0 Å². The van der Waals surface area contributed by atoms with Crippen molar-refractivity contribution >= 4 is 34.0 Å². The number of rotatable bonds is 7. The number of carbonyl (C=O) groups is 1. The lowest BCUT2D eigenvalue weighted by molar-refractivity contribution is -0.120. The number of amides is 1. The van der Waals surface area contributed by atoms with Crippen LogP contribution in [-0.4, -0.2) is 25.7 Å². The Hall–Kier alpha value is -2.78. The third-order valence-electron chi connectivity index (χ3n) is 4.12. The van der Waals surface area contributed by atoms with Crippen LogP contribution in [0.2, 0.25) is 4.34 Å². The van der Waals surface area contributed by atoms with Gasteiger partial charge in [0, 0.05) is 23.9 Å². The van der Waals surface area contributed by atoms with Crippen molar-refractivity contribution in [3.05, 3.63) is 67.8 Å². The summed E-state index contributed by atoms with van der Waals surface area (Å²) >= 11 is 7.15. The molecule has 0 bridgehead atoms. The minimum absolute atomic E-state index is 0.0476. The van der Waals surface area contributed by atoms with Crippen LogP contribution in [0.4, 0.5) is 5.13 Å². The van der Waals surface area contributed by atoms with E-state index in [9.17, 15) is 9.59 Å². The first kappa shape index (κ1) is 20.0. The maximum absolute atomic E-state index is 12.7. The molecule has 10 heteroatoms. The number of nitrogen functional groups attached to an aromatic ring is 1. The van der Waals surface area contributed by atoms with E-state index in [4.69, 9.17) is 17.3 Å². The minimum Gasteiger partial charge on any atom is -0.375 e. The zero-order valence-electron chi connectivity index (χ0n) is 15.2. The first-order valence-electron chi connectivity index (χ1n) is 8.57. The molecule has 0 spiro atoms. The zero-order valence-corrected chi connectivity index (χ0v) is 16.8. The Labute approximate surface area is 170 Å². The van der Waals surface area contributed by atoms with E-state index in [1.54, 1.807) is 19.3 Å². The van der Waals surface area contributed by atoms with Crippen molar-refractivity contribution in [3.63, 3.8) is 0 Å². The standard InChI is InChI=1S/C18H19ClN6O2S/c1-11-9-23-25(7-5-12-4-2-3-6-21-12)17(27)13(11)8-15(26)22-10-14-16(19)28-18(20)24-14/h2-4,6,9H,5,7-8,10H2,1H3,(H2,20,24)(H,22,26). The van der Waals surface area contributed by atoms with Crippen molar-refractivity contribution in [2.45, 2.75) is 32.9 Å². The number of aromatic nitrogens is 4. The second kappa shape index (κ2) is 8.94. The Morgan fingerprint density at radius 1 is 1.39 bits per heavy atom. The Morgan fingerprint density at radius 3 is 2.89 bits per heavy atom. The molecule has 0 saturated heterocycles. The maximum atomic E-state index is 12.7. The molecule has 0 aromatic carbocycles. The van der Waals surface area contributed by atoms with Crippen LogP contribution in [0.1, 0.15) is 22.5 Å². The molecule has 3 heterocycles. The molecule has 3 N–H and O–H groups in total. The maximum Gasteiger partial charge on any atom is 0.270 e. The fourth-order valence-corrected chi connectivity index (χ4v) is 3.54. The summed E-state index contributed by atoms with van der Waals surface area (Å²) in [6, 6.07) is 5.62. The molecule has 8 nitrogen and oxygen atoms in total. The zero-order chi connectivity index (χ0) is 20.1. The van der Waals surface area contributed by atoms with Crippen LogP contribution in [0.5, 0.6) is 0 Å². The van der Waals surface area contributed by atoms with Gasteiger partial charge in [-0.15, -0.1) is 0 Å². The molecule has 3 rings (SSSR count). The van der Waals surface area contributed by atoms with Gasteiger partial charge < -0.3 is 11.1 Å². The SMILES string of the molecule is Cc1cnn(CCc2ccccn2)c(=O)c1CC(=O)NCc1nc(N)sc1Cl. The van der Waals surface area contributed by atoms with Crippen LogP contribution >= 0.6 is 22.9 Å². The third-order valence-corrected chi connectivity index (χ3v) is 5.29. The number of nitrogens with zero attached hydrogens (tertiary/aromatic N) is 4. The van der Waals surface area contributed by atoms with Crippen molar-refractivity contribution in [1.29, 1.82) is 0 Å². The number of thiazole rings is 1. The quantitative estimate of drug-likeness (QED) is 0.603. The molecule has 0 fully saturated rings. The second-order valence-electron chi connectivity index (χ2n) is 6.13. The highest BCUT2D eigenvalue weighted by atomic mass is 35.5. The number of anilines is 1. The van der Waals surface area contributed by atoms with Gasteiger partial charge in [-0.05, 0) is 24.6 Å². The predicted octanol–water partition coefficient (Wildman–Crippen LogP) is 1.74. The van der Waals surface area contributed by atoms with Crippen LogP contribution in [0, 0.1) is 6.92 Å². The summed E-state index contributed by atoms with van der Waals surface area (Å²) in [6.07, 6.45) is 3.83. The van der Waals surface area contributed by atoms with Crippen molar-refractivity contribution < 1.29 is 4.79 Å². The number of hydrogen-bond acceptors (Lipinski definition) is 7. The van der Waals surface area contributed by atoms with Gasteiger partial charge in [0.1, 0.15) is 4.34 Å². The van der Waals surface area contributed by atoms with Gasteiger partial charge in [-0.25, -0.2) is 9.67 Å². The molecule has 28 heavy (non-hydrogen) atoms. The average Bonchev–Trinajstić information content (AvgIpc) is 3.01. The lowest BCUT2D eigenvalue weighted by atomic mass is 10.1. The second-order valence-corrected chi connectivity index (χ2v) is 7.76. The summed E-state index contributed by atoms with van der Waals surface area (Å²) in [6.45, 7) is 2.31. The fourth-order valence-electron chi connectivity index (χ4n) is 2.62. The van der Waals surface area contributed by atoms with Crippen molar-refractivity contribution in [1.82, 2.24) is 25.1 Å². The van der Waals surface area contributed by atoms with Gasteiger partial charge in [0.2, 0.25) is 5.91 Å². The summed E-state index contributed by atoms with van der Waals surface area (Å²) < 4.78 is 1.80. The topological polar surface area (TPSA) is 116 Å². The molecule has 3 aromatic rings. The number of carbonyl (C=O) groups excluding carboxylic acids is 1. The van der Waals surface area contributed by atoms with Crippen LogP contribution in [-0.2, 0) is 30.7 Å². The van der Waals surface area contributed by atoms with Gasteiger partial charge >= 0.3 is 0 Å². The van der Waals surface area contributed by atoms with E-state index in [0.717, 1.165) is 17.0 Å². The fraction of sp³-hybridized carbons (Fsp3) is 0.278. The lowest BCUT2D eigenvalue weighted by Crippen LogP contribution is -2.32. The molecule has 146 valence electrons. The highest BCUT2D eigenvalue weighted by molar-refractivity contribution is 7.19. The van der Waals surface area contributed by atoms with Gasteiger partial charge in [0.15, 0.2) is 5.13 Å². The number of halogens is 1. The van der Waals surface area contributed by atoms with E-state index in [1.165, 1.54) is 4.68 Å². The summed E-state index contributed by atoms with van der Waals surface area (Å²) in [4.78, 5) is 33.3. The van der Waals surface area contributed by atoms with Gasteiger partial charge in [-0.3, -0.25) is 14.6 Å². The minimum atomic E-state index is -0.301. The Bertz CT molecular complexity index is 1030. The van der Waals surface area contributed by atoms with Gasteiger partial charge in [0.05, 0.1) is 31.4 Å². The smallest absolute Gasteiger partial charge is 0.270 e. The largest absolute Gasteiger partial charge is 0.375 e. The molecule has 0 aliphatic heterocycles. The van der Waals surface area contributed by atoms with Crippen LogP contribution in [0.3, 0.4) is 0 Å². The van der Waals surface area contributed by atoms with E-state index in [0.29, 0.717) is 39.3 Å². The number of hydrogen-bond donors (Lipinski definition) is 2. The van der Waals surface area contributed by atoms with Gasteiger partial charge in [0.25, 0.3) is 5.56 Å². The summed E-state index contributed by atoms with van der Waals surface area (Å²) in [5.41, 5.74) is 7.78. The summed E-state index contributed by atoms with van der Waals surface area (Å²) in [5, 5.41) is 7.24.